The number of methoxy groups -OCH3 is 1. The molecule has 5 heteroatoms. The van der Waals surface area contributed by atoms with Gasteiger partial charge in [0.25, 0.3) is 0 Å². The summed E-state index contributed by atoms with van der Waals surface area (Å²) in [6.07, 6.45) is 1.73. The fourth-order valence-corrected chi connectivity index (χ4v) is 2.54. The van der Waals surface area contributed by atoms with Crippen LogP contribution in [0.15, 0.2) is 6.20 Å². The van der Waals surface area contributed by atoms with Crippen LogP contribution < -0.4 is 5.32 Å². The van der Waals surface area contributed by atoms with Crippen LogP contribution in [0, 0.1) is 11.8 Å². The molecule has 2 atom stereocenters. The van der Waals surface area contributed by atoms with Gasteiger partial charge in [-0.3, -0.25) is 4.68 Å². The summed E-state index contributed by atoms with van der Waals surface area (Å²) in [5, 5.41) is 8.62. The van der Waals surface area contributed by atoms with Crippen molar-refractivity contribution in [2.45, 2.75) is 40.2 Å². The molecule has 0 saturated heterocycles. The van der Waals surface area contributed by atoms with Crippen LogP contribution in [0.1, 0.15) is 39.3 Å². The summed E-state index contributed by atoms with van der Waals surface area (Å²) in [4.78, 5) is 0. The molecule has 0 amide bonds. The van der Waals surface area contributed by atoms with Gasteiger partial charge in [-0.2, -0.15) is 5.10 Å². The molecule has 0 aromatic carbocycles. The van der Waals surface area contributed by atoms with E-state index in [-0.39, 0.29) is 0 Å². The molecule has 1 aromatic rings. The molecule has 0 aliphatic rings. The Morgan fingerprint density at radius 3 is 2.60 bits per heavy atom. The minimum Gasteiger partial charge on any atom is -0.383 e. The maximum absolute atomic E-state index is 6.30. The lowest BCUT2D eigenvalue weighted by atomic mass is 9.92. The number of hydrogen-bond acceptors (Lipinski definition) is 3. The van der Waals surface area contributed by atoms with Crippen molar-refractivity contribution < 1.29 is 4.74 Å². The standard InChI is InChI=1S/C15H28ClN3O/c1-11(2)8-17-9-12(3)13(4)15-14(16)10-18-19(15)6-7-20-5/h10-13,17H,6-9H2,1-5H3. The molecule has 0 saturated carbocycles. The van der Waals surface area contributed by atoms with E-state index in [1.807, 2.05) is 4.68 Å². The summed E-state index contributed by atoms with van der Waals surface area (Å²) in [6.45, 7) is 12.3. The fraction of sp³-hybridized carbons (Fsp3) is 0.800. The molecule has 0 bridgehead atoms. The SMILES string of the molecule is COCCn1ncc(Cl)c1C(C)C(C)CNCC(C)C. The molecule has 0 spiro atoms. The first kappa shape index (κ1) is 17.5. The molecule has 2 unspecified atom stereocenters. The van der Waals surface area contributed by atoms with Gasteiger partial charge >= 0.3 is 0 Å². The molecule has 4 nitrogen and oxygen atoms in total. The lowest BCUT2D eigenvalue weighted by Crippen LogP contribution is -2.28. The Morgan fingerprint density at radius 2 is 2.00 bits per heavy atom. The predicted molar refractivity (Wildman–Crippen MR) is 84.4 cm³/mol. The summed E-state index contributed by atoms with van der Waals surface area (Å²) in [7, 11) is 1.70. The average Bonchev–Trinajstić information content (AvgIpc) is 2.76. The molecule has 116 valence electrons. The van der Waals surface area contributed by atoms with E-state index in [9.17, 15) is 0 Å². The van der Waals surface area contributed by atoms with Gasteiger partial charge in [0, 0.05) is 13.0 Å². The zero-order valence-electron chi connectivity index (χ0n) is 13.3. The Hall–Kier alpha value is -0.580. The maximum Gasteiger partial charge on any atom is 0.0820 e. The highest BCUT2D eigenvalue weighted by Gasteiger charge is 2.21. The highest BCUT2D eigenvalue weighted by atomic mass is 35.5. The first-order valence-electron chi connectivity index (χ1n) is 7.38. The molecular weight excluding hydrogens is 274 g/mol. The third kappa shape index (κ3) is 5.08. The lowest BCUT2D eigenvalue weighted by Gasteiger charge is -2.22. The second-order valence-corrected chi connectivity index (χ2v) is 6.32. The van der Waals surface area contributed by atoms with E-state index < -0.39 is 0 Å². The highest BCUT2D eigenvalue weighted by molar-refractivity contribution is 6.31. The number of nitrogens with zero attached hydrogens (tertiary/aromatic N) is 2. The largest absolute Gasteiger partial charge is 0.383 e. The first-order valence-corrected chi connectivity index (χ1v) is 7.76. The van der Waals surface area contributed by atoms with Crippen molar-refractivity contribution in [2.75, 3.05) is 26.8 Å². The Morgan fingerprint density at radius 1 is 1.30 bits per heavy atom. The lowest BCUT2D eigenvalue weighted by molar-refractivity contribution is 0.181. The quantitative estimate of drug-likeness (QED) is 0.761. The van der Waals surface area contributed by atoms with Gasteiger partial charge in [-0.05, 0) is 24.9 Å². The van der Waals surface area contributed by atoms with Gasteiger partial charge in [0.2, 0.25) is 0 Å². The van der Waals surface area contributed by atoms with Gasteiger partial charge in [-0.1, -0.05) is 39.3 Å². The van der Waals surface area contributed by atoms with E-state index in [1.54, 1.807) is 13.3 Å². The molecule has 20 heavy (non-hydrogen) atoms. The van der Waals surface area contributed by atoms with E-state index in [1.165, 1.54) is 0 Å². The third-order valence-electron chi connectivity index (χ3n) is 3.64. The smallest absolute Gasteiger partial charge is 0.0820 e. The van der Waals surface area contributed by atoms with E-state index in [2.05, 4.69) is 38.1 Å². The van der Waals surface area contributed by atoms with Crippen molar-refractivity contribution in [3.05, 3.63) is 16.9 Å². The number of aromatic nitrogens is 2. The predicted octanol–water partition coefficient (Wildman–Crippen LogP) is 3.17. The zero-order chi connectivity index (χ0) is 15.1. The van der Waals surface area contributed by atoms with Gasteiger partial charge in [-0.25, -0.2) is 0 Å². The van der Waals surface area contributed by atoms with E-state index in [4.69, 9.17) is 16.3 Å². The Kier molecular flexibility index (Phi) is 7.56. The summed E-state index contributed by atoms with van der Waals surface area (Å²) in [5.41, 5.74) is 1.11. The topological polar surface area (TPSA) is 39.1 Å². The first-order chi connectivity index (χ1) is 9.47. The molecule has 0 radical (unpaired) electrons. The molecule has 0 aliphatic heterocycles. The van der Waals surface area contributed by atoms with Crippen molar-refractivity contribution in [1.82, 2.24) is 15.1 Å². The van der Waals surface area contributed by atoms with Crippen LogP contribution in [0.4, 0.5) is 0 Å². The Labute approximate surface area is 127 Å². The number of ether oxygens (including phenoxy) is 1. The number of halogens is 1. The molecular formula is C15H28ClN3O. The van der Waals surface area contributed by atoms with Crippen molar-refractivity contribution in [2.24, 2.45) is 11.8 Å². The minimum atomic E-state index is 0.363. The van der Waals surface area contributed by atoms with Crippen LogP contribution in [0.2, 0.25) is 5.02 Å². The van der Waals surface area contributed by atoms with Crippen LogP contribution in [-0.4, -0.2) is 36.6 Å². The molecule has 1 N–H and O–H groups in total. The monoisotopic (exact) mass is 301 g/mol. The van der Waals surface area contributed by atoms with Gasteiger partial charge in [0.05, 0.1) is 30.1 Å². The number of nitrogens with one attached hydrogen (secondary N) is 1. The zero-order valence-corrected chi connectivity index (χ0v) is 14.1. The van der Waals surface area contributed by atoms with Crippen LogP contribution in [0.25, 0.3) is 0 Å². The molecule has 1 rings (SSSR count). The summed E-state index contributed by atoms with van der Waals surface area (Å²) >= 11 is 6.30. The van der Waals surface area contributed by atoms with Crippen molar-refractivity contribution >= 4 is 11.6 Å². The second-order valence-electron chi connectivity index (χ2n) is 5.91. The Bertz CT molecular complexity index is 392. The highest BCUT2D eigenvalue weighted by Crippen LogP contribution is 2.29. The van der Waals surface area contributed by atoms with Gasteiger partial charge in [0.1, 0.15) is 0 Å². The summed E-state index contributed by atoms with van der Waals surface area (Å²) < 4.78 is 7.09. The van der Waals surface area contributed by atoms with Gasteiger partial charge < -0.3 is 10.1 Å². The summed E-state index contributed by atoms with van der Waals surface area (Å²) in [6, 6.07) is 0. The van der Waals surface area contributed by atoms with Crippen molar-refractivity contribution in [1.29, 1.82) is 0 Å². The van der Waals surface area contributed by atoms with Crippen molar-refractivity contribution in [3.8, 4) is 0 Å². The van der Waals surface area contributed by atoms with Crippen LogP contribution in [-0.2, 0) is 11.3 Å². The fourth-order valence-electron chi connectivity index (χ4n) is 2.23. The second kappa shape index (κ2) is 8.65. The molecule has 1 aromatic heterocycles. The van der Waals surface area contributed by atoms with E-state index >= 15 is 0 Å². The van der Waals surface area contributed by atoms with Crippen LogP contribution in [0.5, 0.6) is 0 Å². The van der Waals surface area contributed by atoms with E-state index in [0.717, 1.165) is 30.4 Å². The molecule has 1 heterocycles. The average molecular weight is 302 g/mol. The maximum atomic E-state index is 6.30. The number of hydrogen-bond donors (Lipinski definition) is 1. The number of rotatable bonds is 9. The molecule has 0 aliphatic carbocycles. The third-order valence-corrected chi connectivity index (χ3v) is 3.94. The van der Waals surface area contributed by atoms with Gasteiger partial charge in [0.15, 0.2) is 0 Å². The summed E-state index contributed by atoms with van der Waals surface area (Å²) in [5.74, 6) is 1.54. The van der Waals surface area contributed by atoms with E-state index in [0.29, 0.717) is 24.4 Å². The normalized spacial score (nSPS) is 14.8. The van der Waals surface area contributed by atoms with Crippen LogP contribution in [0.3, 0.4) is 0 Å². The van der Waals surface area contributed by atoms with Crippen LogP contribution >= 0.6 is 11.6 Å². The Balaban J connectivity index is 2.65. The van der Waals surface area contributed by atoms with Gasteiger partial charge in [-0.15, -0.1) is 0 Å². The molecule has 0 fully saturated rings. The van der Waals surface area contributed by atoms with Crippen molar-refractivity contribution in [3.63, 3.8) is 0 Å². The minimum absolute atomic E-state index is 0.363.